The molecule has 7 heteroatoms. The first-order valence-corrected chi connectivity index (χ1v) is 10.6. The third-order valence-corrected chi connectivity index (χ3v) is 6.60. The van der Waals surface area contributed by atoms with Crippen LogP contribution in [0, 0.1) is 5.92 Å². The van der Waals surface area contributed by atoms with Gasteiger partial charge >= 0.3 is 0 Å². The topological polar surface area (TPSA) is 95.2 Å². The Kier molecular flexibility index (Phi) is 6.01. The molecule has 2 aromatic rings. The van der Waals surface area contributed by atoms with Crippen LogP contribution in [0.3, 0.4) is 0 Å². The molecule has 2 aliphatic rings. The molecular formula is C23H30N2O5. The molecule has 1 amide bonds. The maximum atomic E-state index is 12.7. The molecule has 0 radical (unpaired) electrons. The molecule has 1 aromatic carbocycles. The Labute approximate surface area is 176 Å². The molecule has 30 heavy (non-hydrogen) atoms. The van der Waals surface area contributed by atoms with E-state index < -0.39 is 5.60 Å². The molecule has 0 spiro atoms. The van der Waals surface area contributed by atoms with Gasteiger partial charge in [-0.05, 0) is 49.1 Å². The molecule has 0 unspecified atom stereocenters. The van der Waals surface area contributed by atoms with Gasteiger partial charge in [-0.15, -0.1) is 0 Å². The van der Waals surface area contributed by atoms with E-state index in [-0.39, 0.29) is 30.2 Å². The van der Waals surface area contributed by atoms with Crippen molar-refractivity contribution in [3.05, 3.63) is 47.9 Å². The number of nitrogens with one attached hydrogen (secondary N) is 1. The van der Waals surface area contributed by atoms with E-state index in [0.717, 1.165) is 31.2 Å². The molecule has 7 nitrogen and oxygen atoms in total. The van der Waals surface area contributed by atoms with Gasteiger partial charge in [-0.1, -0.05) is 18.9 Å². The van der Waals surface area contributed by atoms with Gasteiger partial charge in [-0.2, -0.15) is 0 Å². The van der Waals surface area contributed by atoms with E-state index >= 15 is 0 Å². The number of carbonyl (C=O) groups is 1. The highest BCUT2D eigenvalue weighted by atomic mass is 16.5. The average Bonchev–Trinajstić information content (AvgIpc) is 3.26. The Morgan fingerprint density at radius 2 is 2.20 bits per heavy atom. The average molecular weight is 415 g/mol. The number of rotatable bonds is 6. The summed E-state index contributed by atoms with van der Waals surface area (Å²) < 4.78 is 10.6. The van der Waals surface area contributed by atoms with Crippen LogP contribution in [-0.4, -0.2) is 46.8 Å². The van der Waals surface area contributed by atoms with Crippen LogP contribution in [0.25, 0.3) is 0 Å². The first-order valence-electron chi connectivity index (χ1n) is 10.6. The second-order valence-corrected chi connectivity index (χ2v) is 8.41. The highest BCUT2D eigenvalue weighted by Crippen LogP contribution is 2.49. The molecule has 1 saturated heterocycles. The zero-order valence-corrected chi connectivity index (χ0v) is 17.3. The quantitative estimate of drug-likeness (QED) is 0.673. The smallest absolute Gasteiger partial charge is 0.234 e. The van der Waals surface area contributed by atoms with Gasteiger partial charge in [0.1, 0.15) is 5.76 Å². The number of phenolic OH excluding ortho intramolecular Hbond substituents is 1. The summed E-state index contributed by atoms with van der Waals surface area (Å²) in [6, 6.07) is 8.83. The Hall–Kier alpha value is -2.51. The lowest BCUT2D eigenvalue weighted by molar-refractivity contribution is -0.138. The Balaban J connectivity index is 1.57. The van der Waals surface area contributed by atoms with E-state index in [1.54, 1.807) is 18.4 Å². The molecule has 0 bridgehead atoms. The number of fused-ring (bicyclic) bond motifs is 1. The highest BCUT2D eigenvalue weighted by Gasteiger charge is 2.49. The molecule has 2 fully saturated rings. The number of piperidine rings is 1. The van der Waals surface area contributed by atoms with Crippen molar-refractivity contribution in [3.63, 3.8) is 0 Å². The lowest BCUT2D eigenvalue weighted by atomic mass is 9.66. The fraction of sp³-hybridized carbons (Fsp3) is 0.522. The fourth-order valence-corrected chi connectivity index (χ4v) is 5.08. The number of likely N-dealkylation sites (tertiary alicyclic amines) is 1. The third-order valence-electron chi connectivity index (χ3n) is 6.60. The van der Waals surface area contributed by atoms with Crippen molar-refractivity contribution in [2.45, 2.75) is 50.3 Å². The minimum absolute atomic E-state index is 0.0344. The van der Waals surface area contributed by atoms with Crippen LogP contribution in [0.5, 0.6) is 11.5 Å². The van der Waals surface area contributed by atoms with Gasteiger partial charge in [-0.25, -0.2) is 0 Å². The molecule has 4 rings (SSSR count). The van der Waals surface area contributed by atoms with Crippen LogP contribution in [-0.2, 0) is 11.3 Å². The SMILES string of the molecule is COc1cc([C@H]2[C@@H]3CCCC[C@]3(O)CCN2CC(=O)NCc2ccco2)ccc1O. The number of ether oxygens (including phenoxy) is 1. The summed E-state index contributed by atoms with van der Waals surface area (Å²) in [7, 11) is 1.52. The van der Waals surface area contributed by atoms with Crippen molar-refractivity contribution < 1.29 is 24.2 Å². The number of nitrogens with zero attached hydrogens (tertiary/aromatic N) is 1. The first kappa shape index (κ1) is 20.8. The van der Waals surface area contributed by atoms with Crippen molar-refractivity contribution in [2.75, 3.05) is 20.2 Å². The van der Waals surface area contributed by atoms with Gasteiger partial charge in [0.05, 0.1) is 32.1 Å². The minimum Gasteiger partial charge on any atom is -0.504 e. The second kappa shape index (κ2) is 8.70. The Morgan fingerprint density at radius 3 is 2.97 bits per heavy atom. The molecule has 1 aromatic heterocycles. The summed E-state index contributed by atoms with van der Waals surface area (Å²) in [5.41, 5.74) is 0.239. The predicted molar refractivity (Wildman–Crippen MR) is 111 cm³/mol. The van der Waals surface area contributed by atoms with Crippen LogP contribution < -0.4 is 10.1 Å². The number of methoxy groups -OCH3 is 1. The van der Waals surface area contributed by atoms with Gasteiger partial charge in [-0.3, -0.25) is 9.69 Å². The van der Waals surface area contributed by atoms with Crippen molar-refractivity contribution >= 4 is 5.91 Å². The van der Waals surface area contributed by atoms with E-state index in [1.807, 2.05) is 18.2 Å². The Morgan fingerprint density at radius 1 is 1.33 bits per heavy atom. The van der Waals surface area contributed by atoms with Crippen LogP contribution in [0.1, 0.15) is 49.5 Å². The lowest BCUT2D eigenvalue weighted by Gasteiger charge is -2.52. The summed E-state index contributed by atoms with van der Waals surface area (Å²) in [5.74, 6) is 1.15. The first-order chi connectivity index (χ1) is 14.5. The summed E-state index contributed by atoms with van der Waals surface area (Å²) in [5, 5.41) is 24.3. The Bertz CT molecular complexity index is 868. The van der Waals surface area contributed by atoms with Crippen molar-refractivity contribution in [1.82, 2.24) is 10.2 Å². The standard InChI is InChI=1S/C23H30N2O5/c1-29-20-13-16(7-8-19(20)26)22-18-6-2-3-9-23(18,28)10-11-25(22)15-21(27)24-14-17-5-4-12-30-17/h4-5,7-8,12-13,18,22,26,28H,2-3,6,9-11,14-15H2,1H3,(H,24,27)/t18-,22-,23-/m0/s1. The summed E-state index contributed by atoms with van der Waals surface area (Å²) in [6.07, 6.45) is 6.05. The van der Waals surface area contributed by atoms with Gasteiger partial charge in [0, 0.05) is 18.5 Å². The summed E-state index contributed by atoms with van der Waals surface area (Å²) in [4.78, 5) is 14.8. The highest BCUT2D eigenvalue weighted by molar-refractivity contribution is 5.78. The van der Waals surface area contributed by atoms with Gasteiger partial charge in [0.15, 0.2) is 11.5 Å². The van der Waals surface area contributed by atoms with Crippen molar-refractivity contribution in [2.24, 2.45) is 5.92 Å². The zero-order valence-electron chi connectivity index (χ0n) is 17.3. The molecule has 1 aliphatic heterocycles. The van der Waals surface area contributed by atoms with E-state index in [2.05, 4.69) is 10.2 Å². The van der Waals surface area contributed by atoms with Gasteiger partial charge in [0.25, 0.3) is 0 Å². The number of hydrogen-bond donors (Lipinski definition) is 3. The summed E-state index contributed by atoms with van der Waals surface area (Å²) >= 11 is 0. The number of benzene rings is 1. The van der Waals surface area contributed by atoms with E-state index in [9.17, 15) is 15.0 Å². The fourth-order valence-electron chi connectivity index (χ4n) is 5.08. The number of amides is 1. The van der Waals surface area contributed by atoms with E-state index in [4.69, 9.17) is 9.15 Å². The number of phenols is 1. The number of carbonyl (C=O) groups excluding carboxylic acids is 1. The maximum absolute atomic E-state index is 12.7. The molecule has 3 atom stereocenters. The predicted octanol–water partition coefficient (Wildman–Crippen LogP) is 2.98. The number of furan rings is 1. The molecule has 1 saturated carbocycles. The van der Waals surface area contributed by atoms with Crippen molar-refractivity contribution in [1.29, 1.82) is 0 Å². The lowest BCUT2D eigenvalue weighted by Crippen LogP contribution is -2.56. The van der Waals surface area contributed by atoms with Crippen LogP contribution in [0.15, 0.2) is 41.0 Å². The van der Waals surface area contributed by atoms with E-state index in [0.29, 0.717) is 31.0 Å². The molecule has 2 heterocycles. The van der Waals surface area contributed by atoms with Crippen LogP contribution in [0.4, 0.5) is 0 Å². The third kappa shape index (κ3) is 4.18. The molecule has 3 N–H and O–H groups in total. The molecular weight excluding hydrogens is 384 g/mol. The van der Waals surface area contributed by atoms with Gasteiger partial charge < -0.3 is 24.7 Å². The normalized spacial score (nSPS) is 26.7. The minimum atomic E-state index is -0.713. The number of aliphatic hydroxyl groups is 1. The van der Waals surface area contributed by atoms with E-state index in [1.165, 1.54) is 7.11 Å². The van der Waals surface area contributed by atoms with Crippen LogP contribution in [0.2, 0.25) is 0 Å². The van der Waals surface area contributed by atoms with Crippen LogP contribution >= 0.6 is 0 Å². The maximum Gasteiger partial charge on any atom is 0.234 e. The number of hydrogen-bond acceptors (Lipinski definition) is 6. The molecule has 1 aliphatic carbocycles. The second-order valence-electron chi connectivity index (χ2n) is 8.41. The monoisotopic (exact) mass is 414 g/mol. The largest absolute Gasteiger partial charge is 0.504 e. The zero-order chi connectivity index (χ0) is 21.1. The molecule has 162 valence electrons. The van der Waals surface area contributed by atoms with Crippen molar-refractivity contribution in [3.8, 4) is 11.5 Å². The van der Waals surface area contributed by atoms with Gasteiger partial charge in [0.2, 0.25) is 5.91 Å². The number of aromatic hydroxyl groups is 1. The summed E-state index contributed by atoms with van der Waals surface area (Å²) in [6.45, 7) is 1.22.